The average Bonchev–Trinajstić information content (AvgIpc) is 2.61. The van der Waals surface area contributed by atoms with Gasteiger partial charge in [0.15, 0.2) is 0 Å². The number of aliphatic hydroxyl groups excluding tert-OH is 1. The predicted octanol–water partition coefficient (Wildman–Crippen LogP) is 3.46. The molecule has 0 heterocycles. The minimum absolute atomic E-state index is 0.00458. The van der Waals surface area contributed by atoms with Crippen molar-refractivity contribution in [3.05, 3.63) is 66.8 Å². The van der Waals surface area contributed by atoms with E-state index >= 15 is 0 Å². The maximum absolute atomic E-state index is 10.1. The molecule has 0 spiro atoms. The van der Waals surface area contributed by atoms with E-state index in [0.29, 0.717) is 13.0 Å². The zero-order valence-corrected chi connectivity index (χ0v) is 14.3. The van der Waals surface area contributed by atoms with Crippen LogP contribution in [-0.2, 0) is 14.3 Å². The van der Waals surface area contributed by atoms with Gasteiger partial charge in [0.2, 0.25) is 0 Å². The van der Waals surface area contributed by atoms with Gasteiger partial charge in [-0.15, -0.1) is 0 Å². The van der Waals surface area contributed by atoms with Gasteiger partial charge in [-0.25, -0.2) is 9.59 Å². The maximum atomic E-state index is 10.1. The number of carboxylic acids is 1. The molecule has 1 aromatic rings. The summed E-state index contributed by atoms with van der Waals surface area (Å²) in [7, 11) is 0. The smallest absolute Gasteiger partial charge is 0.330 e. The van der Waals surface area contributed by atoms with Gasteiger partial charge in [0, 0.05) is 18.3 Å². The summed E-state index contributed by atoms with van der Waals surface area (Å²) in [6.45, 7) is 10.5. The standard InChI is InChI=1S/C8H8.C6H10O3.C5H8O2/c1-2-8-6-4-3-5-7-8;1-5(6(8)9)3-2-4-7;1-3-5(6)7-4-2/h2-7H,1H2;3,7H,2,4H2,1H3,(H,8,9);3H,1,4H2,2H3. The highest BCUT2D eigenvalue weighted by molar-refractivity contribution is 5.85. The second kappa shape index (κ2) is 16.7. The molecule has 0 unspecified atom stereocenters. The molecule has 0 aliphatic carbocycles. The van der Waals surface area contributed by atoms with Gasteiger partial charge in [-0.3, -0.25) is 0 Å². The van der Waals surface area contributed by atoms with Gasteiger partial charge in [-0.05, 0) is 25.8 Å². The lowest BCUT2D eigenvalue weighted by Crippen LogP contribution is -1.97. The zero-order valence-electron chi connectivity index (χ0n) is 14.3. The second-order valence-corrected chi connectivity index (χ2v) is 4.28. The van der Waals surface area contributed by atoms with E-state index in [1.165, 1.54) is 18.6 Å². The molecule has 5 heteroatoms. The topological polar surface area (TPSA) is 83.8 Å². The van der Waals surface area contributed by atoms with Gasteiger partial charge in [0.1, 0.15) is 0 Å². The third-order valence-electron chi connectivity index (χ3n) is 2.41. The molecule has 5 nitrogen and oxygen atoms in total. The number of aliphatic hydroxyl groups is 1. The molecule has 2 N–H and O–H groups in total. The van der Waals surface area contributed by atoms with Crippen LogP contribution < -0.4 is 0 Å². The number of benzene rings is 1. The molecule has 0 saturated carbocycles. The number of rotatable bonds is 6. The Kier molecular flexibility index (Phi) is 16.4. The molecule has 1 aromatic carbocycles. The average molecular weight is 334 g/mol. The summed E-state index contributed by atoms with van der Waals surface area (Å²) >= 11 is 0. The summed E-state index contributed by atoms with van der Waals surface area (Å²) in [5.41, 5.74) is 1.46. The summed E-state index contributed by atoms with van der Waals surface area (Å²) in [6.07, 6.45) is 4.88. The Labute approximate surface area is 143 Å². The number of aliphatic carboxylic acids is 1. The van der Waals surface area contributed by atoms with Crippen molar-refractivity contribution in [2.45, 2.75) is 20.3 Å². The molecule has 0 aliphatic rings. The number of hydrogen-bond donors (Lipinski definition) is 2. The third-order valence-corrected chi connectivity index (χ3v) is 2.41. The van der Waals surface area contributed by atoms with Gasteiger partial charge in [0.05, 0.1) is 6.61 Å². The van der Waals surface area contributed by atoms with E-state index in [2.05, 4.69) is 17.9 Å². The van der Waals surface area contributed by atoms with Gasteiger partial charge < -0.3 is 14.9 Å². The van der Waals surface area contributed by atoms with Crippen LogP contribution in [0.4, 0.5) is 0 Å². The van der Waals surface area contributed by atoms with Crippen LogP contribution in [-0.4, -0.2) is 35.4 Å². The van der Waals surface area contributed by atoms with Crippen molar-refractivity contribution >= 4 is 18.0 Å². The first kappa shape index (κ1) is 23.6. The lowest BCUT2D eigenvalue weighted by Gasteiger charge is -1.90. The van der Waals surface area contributed by atoms with Crippen molar-refractivity contribution in [3.63, 3.8) is 0 Å². The second-order valence-electron chi connectivity index (χ2n) is 4.28. The number of carbonyl (C=O) groups is 2. The van der Waals surface area contributed by atoms with E-state index in [0.717, 1.165) is 6.08 Å². The van der Waals surface area contributed by atoms with Crippen LogP contribution in [0.15, 0.2) is 61.2 Å². The zero-order chi connectivity index (χ0) is 18.8. The monoisotopic (exact) mass is 334 g/mol. The van der Waals surface area contributed by atoms with Crippen molar-refractivity contribution < 1.29 is 24.5 Å². The quantitative estimate of drug-likeness (QED) is 0.615. The van der Waals surface area contributed by atoms with Crippen LogP contribution in [0.1, 0.15) is 25.8 Å². The van der Waals surface area contributed by atoms with E-state index in [1.807, 2.05) is 36.4 Å². The van der Waals surface area contributed by atoms with E-state index in [-0.39, 0.29) is 18.1 Å². The van der Waals surface area contributed by atoms with Gasteiger partial charge >= 0.3 is 11.9 Å². The van der Waals surface area contributed by atoms with Crippen molar-refractivity contribution in [2.24, 2.45) is 0 Å². The molecule has 0 saturated heterocycles. The lowest BCUT2D eigenvalue weighted by atomic mass is 10.2. The summed E-state index contributed by atoms with van der Waals surface area (Å²) in [5.74, 6) is -1.29. The first-order valence-corrected chi connectivity index (χ1v) is 7.40. The Morgan fingerprint density at radius 1 is 1.21 bits per heavy atom. The van der Waals surface area contributed by atoms with Crippen LogP contribution in [0.3, 0.4) is 0 Å². The highest BCUT2D eigenvalue weighted by Crippen LogP contribution is 1.97. The number of esters is 1. The molecule has 132 valence electrons. The molecule has 0 radical (unpaired) electrons. The SMILES string of the molecule is C=CC(=O)OCC.C=Cc1ccccc1.CC(=CCCO)C(=O)O. The molecule has 0 bridgehead atoms. The molecule has 1 rings (SSSR count). The van der Waals surface area contributed by atoms with Crippen molar-refractivity contribution in [2.75, 3.05) is 13.2 Å². The highest BCUT2D eigenvalue weighted by atomic mass is 16.5. The maximum Gasteiger partial charge on any atom is 0.330 e. The summed E-state index contributed by atoms with van der Waals surface area (Å²) in [5, 5.41) is 16.5. The molecule has 0 aliphatic heterocycles. The molecule has 0 atom stereocenters. The van der Waals surface area contributed by atoms with E-state index in [4.69, 9.17) is 10.2 Å². The van der Waals surface area contributed by atoms with E-state index < -0.39 is 5.97 Å². The van der Waals surface area contributed by atoms with Crippen LogP contribution >= 0.6 is 0 Å². The molecule has 0 amide bonds. The van der Waals surface area contributed by atoms with Gasteiger partial charge in [0.25, 0.3) is 0 Å². The number of carboxylic acid groups (broad SMARTS) is 1. The van der Waals surface area contributed by atoms with E-state index in [1.54, 1.807) is 6.92 Å². The summed E-state index contributed by atoms with van der Waals surface area (Å²) in [6, 6.07) is 10.0. The van der Waals surface area contributed by atoms with Crippen molar-refractivity contribution in [3.8, 4) is 0 Å². The van der Waals surface area contributed by atoms with Crippen molar-refractivity contribution in [1.29, 1.82) is 0 Å². The number of hydrogen-bond acceptors (Lipinski definition) is 4. The number of carbonyl (C=O) groups excluding carboxylic acids is 1. The minimum Gasteiger partial charge on any atom is -0.478 e. The number of ether oxygens (including phenoxy) is 1. The Morgan fingerprint density at radius 2 is 1.79 bits per heavy atom. The Bertz CT molecular complexity index is 518. The summed E-state index contributed by atoms with van der Waals surface area (Å²) < 4.78 is 4.43. The molecular formula is C19H26O5. The van der Waals surface area contributed by atoms with Crippen LogP contribution in [0.25, 0.3) is 6.08 Å². The predicted molar refractivity (Wildman–Crippen MR) is 96.5 cm³/mol. The largest absolute Gasteiger partial charge is 0.478 e. The van der Waals surface area contributed by atoms with Gasteiger partial charge in [-0.1, -0.05) is 55.6 Å². The first-order valence-electron chi connectivity index (χ1n) is 7.40. The Morgan fingerprint density at radius 3 is 2.08 bits per heavy atom. The van der Waals surface area contributed by atoms with Crippen LogP contribution in [0.5, 0.6) is 0 Å². The van der Waals surface area contributed by atoms with E-state index in [9.17, 15) is 9.59 Å². The Hall–Kier alpha value is -2.66. The minimum atomic E-state index is -0.927. The fourth-order valence-electron chi connectivity index (χ4n) is 1.16. The third kappa shape index (κ3) is 15.7. The van der Waals surface area contributed by atoms with Crippen LogP contribution in [0, 0.1) is 0 Å². The fourth-order valence-corrected chi connectivity index (χ4v) is 1.16. The Balaban J connectivity index is 0. The molecule has 0 fully saturated rings. The van der Waals surface area contributed by atoms with Crippen molar-refractivity contribution in [1.82, 2.24) is 0 Å². The normalized spacial score (nSPS) is 9.38. The molecule has 0 aromatic heterocycles. The first-order chi connectivity index (χ1) is 11.4. The fraction of sp³-hybridized carbons (Fsp3) is 0.263. The molecular weight excluding hydrogens is 308 g/mol. The van der Waals surface area contributed by atoms with Crippen LogP contribution in [0.2, 0.25) is 0 Å². The lowest BCUT2D eigenvalue weighted by molar-refractivity contribution is -0.137. The highest BCUT2D eigenvalue weighted by Gasteiger charge is 1.96. The van der Waals surface area contributed by atoms with Gasteiger partial charge in [-0.2, -0.15) is 0 Å². The summed E-state index contributed by atoms with van der Waals surface area (Å²) in [4.78, 5) is 20.1. The molecule has 24 heavy (non-hydrogen) atoms.